The first-order valence-electron chi connectivity index (χ1n) is 12.5. The van der Waals surface area contributed by atoms with Crippen molar-refractivity contribution in [3.8, 4) is 17.0 Å². The molecular formula is C26H30Cl2N6O3. The van der Waals surface area contributed by atoms with Crippen molar-refractivity contribution in [3.63, 3.8) is 0 Å². The Bertz CT molecular complexity index is 1370. The van der Waals surface area contributed by atoms with Crippen LogP contribution in [0.3, 0.4) is 0 Å². The number of pyridine rings is 1. The third kappa shape index (κ3) is 5.55. The average Bonchev–Trinajstić information content (AvgIpc) is 3.52. The number of anilines is 1. The van der Waals surface area contributed by atoms with Crippen LogP contribution in [0.25, 0.3) is 22.2 Å². The molecule has 0 amide bonds. The minimum atomic E-state index is -0.870. The number of benzene rings is 1. The Morgan fingerprint density at radius 1 is 1.19 bits per heavy atom. The number of hydrogen-bond acceptors (Lipinski definition) is 7. The third-order valence-corrected chi connectivity index (χ3v) is 7.47. The molecule has 11 heteroatoms. The molecule has 5 rings (SSSR count). The van der Waals surface area contributed by atoms with Gasteiger partial charge in [0.25, 0.3) is 0 Å². The van der Waals surface area contributed by atoms with Gasteiger partial charge in [0.2, 0.25) is 0 Å². The highest BCUT2D eigenvalue weighted by Gasteiger charge is 2.27. The van der Waals surface area contributed by atoms with Gasteiger partial charge in [-0.3, -0.25) is 9.36 Å². The normalized spacial score (nSPS) is 18.7. The predicted octanol–water partition coefficient (Wildman–Crippen LogP) is 4.95. The van der Waals surface area contributed by atoms with Gasteiger partial charge in [-0.2, -0.15) is 10.2 Å². The number of nitrogens with one attached hydrogen (secondary N) is 1. The van der Waals surface area contributed by atoms with Gasteiger partial charge < -0.3 is 20.3 Å². The van der Waals surface area contributed by atoms with Gasteiger partial charge in [-0.15, -0.1) is 0 Å². The SMILES string of the molecule is CCNc1cc2c(cn1)c(-c1cnn(C[C@@H](O)CO)c1)nn2C1CCC(Oc2cccc(Cl)c2Cl)CC1. The molecule has 1 fully saturated rings. The van der Waals surface area contributed by atoms with E-state index in [0.717, 1.165) is 60.2 Å². The van der Waals surface area contributed by atoms with Gasteiger partial charge in [-0.05, 0) is 44.7 Å². The van der Waals surface area contributed by atoms with Crippen molar-refractivity contribution < 1.29 is 14.9 Å². The summed E-state index contributed by atoms with van der Waals surface area (Å²) >= 11 is 12.5. The van der Waals surface area contributed by atoms with Crippen molar-refractivity contribution in [1.29, 1.82) is 0 Å². The second-order valence-electron chi connectivity index (χ2n) is 9.30. The standard InChI is InChI=1S/C26H30Cl2N6O3/c1-2-29-24-10-22-20(12-30-24)26(16-11-31-33(13-16)14-18(36)15-35)32-34(22)17-6-8-19(9-7-17)37-23-5-3-4-21(27)25(23)28/h3-5,10-13,17-19,35-36H,2,6-9,14-15H2,1H3,(H,29,30)/t17?,18-,19?/m1/s1. The molecule has 0 aliphatic heterocycles. The van der Waals surface area contributed by atoms with E-state index in [1.807, 2.05) is 37.5 Å². The summed E-state index contributed by atoms with van der Waals surface area (Å²) in [4.78, 5) is 4.58. The summed E-state index contributed by atoms with van der Waals surface area (Å²) in [5.74, 6) is 1.42. The first-order chi connectivity index (χ1) is 18.0. The zero-order valence-corrected chi connectivity index (χ0v) is 22.0. The van der Waals surface area contributed by atoms with Crippen LogP contribution in [0.1, 0.15) is 38.6 Å². The molecule has 4 aromatic rings. The molecule has 0 saturated heterocycles. The van der Waals surface area contributed by atoms with Crippen LogP contribution in [-0.2, 0) is 6.54 Å². The van der Waals surface area contributed by atoms with Gasteiger partial charge in [0, 0.05) is 36.0 Å². The second kappa shape index (κ2) is 11.3. The summed E-state index contributed by atoms with van der Waals surface area (Å²) in [6.45, 7) is 2.70. The molecule has 3 N–H and O–H groups in total. The Balaban J connectivity index is 1.40. The molecule has 3 heterocycles. The summed E-state index contributed by atoms with van der Waals surface area (Å²) in [6, 6.07) is 7.69. The van der Waals surface area contributed by atoms with Gasteiger partial charge in [-0.25, -0.2) is 4.98 Å². The lowest BCUT2D eigenvalue weighted by molar-refractivity contribution is 0.0783. The lowest BCUT2D eigenvalue weighted by Crippen LogP contribution is -2.26. The van der Waals surface area contributed by atoms with Crippen LogP contribution in [0.2, 0.25) is 10.0 Å². The van der Waals surface area contributed by atoms with Crippen LogP contribution in [0, 0.1) is 0 Å². The summed E-state index contributed by atoms with van der Waals surface area (Å²) in [7, 11) is 0. The monoisotopic (exact) mass is 544 g/mol. The molecule has 1 aromatic carbocycles. The Morgan fingerprint density at radius 2 is 2.00 bits per heavy atom. The number of hydrogen-bond donors (Lipinski definition) is 3. The van der Waals surface area contributed by atoms with Gasteiger partial charge in [0.05, 0.1) is 48.1 Å². The Morgan fingerprint density at radius 3 is 2.76 bits per heavy atom. The number of halogens is 2. The van der Waals surface area contributed by atoms with E-state index in [1.165, 1.54) is 0 Å². The number of aromatic nitrogens is 5. The zero-order chi connectivity index (χ0) is 25.9. The maximum atomic E-state index is 9.79. The number of ether oxygens (including phenoxy) is 1. The van der Waals surface area contributed by atoms with E-state index in [-0.39, 0.29) is 25.3 Å². The maximum absolute atomic E-state index is 9.79. The number of aliphatic hydroxyl groups excluding tert-OH is 2. The molecule has 0 spiro atoms. The van der Waals surface area contributed by atoms with Crippen LogP contribution >= 0.6 is 23.2 Å². The lowest BCUT2D eigenvalue weighted by Gasteiger charge is -2.30. The Hall–Kier alpha value is -2.85. The molecule has 0 unspecified atom stereocenters. The topological polar surface area (TPSA) is 110 Å². The predicted molar refractivity (Wildman–Crippen MR) is 144 cm³/mol. The van der Waals surface area contributed by atoms with E-state index in [0.29, 0.717) is 15.8 Å². The van der Waals surface area contributed by atoms with Gasteiger partial charge >= 0.3 is 0 Å². The Kier molecular flexibility index (Phi) is 7.85. The largest absolute Gasteiger partial charge is 0.489 e. The molecule has 3 aromatic heterocycles. The molecule has 1 aliphatic rings. The van der Waals surface area contributed by atoms with E-state index in [9.17, 15) is 5.11 Å². The van der Waals surface area contributed by atoms with Crippen LogP contribution < -0.4 is 10.1 Å². The van der Waals surface area contributed by atoms with Crippen LogP contribution in [0.5, 0.6) is 5.75 Å². The fourth-order valence-electron chi connectivity index (χ4n) is 4.82. The average molecular weight is 545 g/mol. The number of fused-ring (bicyclic) bond motifs is 1. The van der Waals surface area contributed by atoms with Crippen LogP contribution in [0.15, 0.2) is 42.9 Å². The van der Waals surface area contributed by atoms with Crippen LogP contribution in [-0.4, -0.2) is 60.1 Å². The van der Waals surface area contributed by atoms with E-state index in [4.69, 9.17) is 38.1 Å². The number of aliphatic hydroxyl groups is 2. The Labute approximate surface area is 225 Å². The van der Waals surface area contributed by atoms with Crippen molar-refractivity contribution in [2.45, 2.75) is 57.4 Å². The van der Waals surface area contributed by atoms with E-state index in [1.54, 1.807) is 16.9 Å². The molecule has 1 atom stereocenters. The molecule has 0 radical (unpaired) electrons. The molecule has 0 bridgehead atoms. The number of nitrogens with zero attached hydrogens (tertiary/aromatic N) is 5. The van der Waals surface area contributed by atoms with E-state index >= 15 is 0 Å². The summed E-state index contributed by atoms with van der Waals surface area (Å²) < 4.78 is 9.92. The summed E-state index contributed by atoms with van der Waals surface area (Å²) in [6.07, 6.45) is 8.14. The first-order valence-corrected chi connectivity index (χ1v) is 13.3. The molecule has 37 heavy (non-hydrogen) atoms. The summed E-state index contributed by atoms with van der Waals surface area (Å²) in [5.41, 5.74) is 2.63. The van der Waals surface area contributed by atoms with E-state index < -0.39 is 6.10 Å². The van der Waals surface area contributed by atoms with Crippen molar-refractivity contribution in [3.05, 3.63) is 52.9 Å². The highest BCUT2D eigenvalue weighted by molar-refractivity contribution is 6.42. The van der Waals surface area contributed by atoms with Crippen molar-refractivity contribution >= 4 is 39.9 Å². The zero-order valence-electron chi connectivity index (χ0n) is 20.5. The van der Waals surface area contributed by atoms with Crippen molar-refractivity contribution in [2.75, 3.05) is 18.5 Å². The van der Waals surface area contributed by atoms with Gasteiger partial charge in [0.15, 0.2) is 0 Å². The molecule has 9 nitrogen and oxygen atoms in total. The fourth-order valence-corrected chi connectivity index (χ4v) is 5.16. The highest BCUT2D eigenvalue weighted by atomic mass is 35.5. The quantitative estimate of drug-likeness (QED) is 0.273. The van der Waals surface area contributed by atoms with Crippen molar-refractivity contribution in [2.24, 2.45) is 0 Å². The third-order valence-electron chi connectivity index (χ3n) is 6.66. The second-order valence-corrected chi connectivity index (χ2v) is 10.1. The first kappa shape index (κ1) is 25.8. The fraction of sp³-hybridized carbons (Fsp3) is 0.423. The van der Waals surface area contributed by atoms with Crippen LogP contribution in [0.4, 0.5) is 5.82 Å². The van der Waals surface area contributed by atoms with Crippen molar-refractivity contribution in [1.82, 2.24) is 24.5 Å². The number of rotatable bonds is 9. The minimum absolute atomic E-state index is 0.0590. The maximum Gasteiger partial charge on any atom is 0.139 e. The molecular weight excluding hydrogens is 515 g/mol. The van der Waals surface area contributed by atoms with Gasteiger partial charge in [-0.1, -0.05) is 29.3 Å². The lowest BCUT2D eigenvalue weighted by atomic mass is 9.93. The summed E-state index contributed by atoms with van der Waals surface area (Å²) in [5, 5.41) is 33.5. The van der Waals surface area contributed by atoms with Gasteiger partial charge in [0.1, 0.15) is 22.3 Å². The highest BCUT2D eigenvalue weighted by Crippen LogP contribution is 2.38. The minimum Gasteiger partial charge on any atom is -0.489 e. The van der Waals surface area contributed by atoms with E-state index in [2.05, 4.69) is 20.1 Å². The molecule has 1 aliphatic carbocycles. The molecule has 196 valence electrons. The smallest absolute Gasteiger partial charge is 0.139 e. The molecule has 1 saturated carbocycles.